The Morgan fingerprint density at radius 3 is 2.77 bits per heavy atom. The topological polar surface area (TPSA) is 105 Å². The number of urea groups is 1. The third-order valence-electron chi connectivity index (χ3n) is 1.66. The summed E-state index contributed by atoms with van der Waals surface area (Å²) in [7, 11) is 0. The third kappa shape index (κ3) is 2.15. The molecule has 1 fully saturated rings. The Hall–Kier alpha value is -1.63. The van der Waals surface area contributed by atoms with Gasteiger partial charge in [-0.2, -0.15) is 0 Å². The summed E-state index contributed by atoms with van der Waals surface area (Å²) in [5.41, 5.74) is 1.91. The van der Waals surface area contributed by atoms with Crippen molar-refractivity contribution >= 4 is 17.8 Å². The molecule has 1 aliphatic heterocycles. The highest BCUT2D eigenvalue weighted by atomic mass is 16.2. The zero-order chi connectivity index (χ0) is 9.84. The van der Waals surface area contributed by atoms with Crippen molar-refractivity contribution in [2.45, 2.75) is 6.42 Å². The van der Waals surface area contributed by atoms with Gasteiger partial charge in [0.05, 0.1) is 6.54 Å². The van der Waals surface area contributed by atoms with E-state index in [1.165, 1.54) is 0 Å². The summed E-state index contributed by atoms with van der Waals surface area (Å²) in [6, 6.07) is -0.463. The molecular weight excluding hydrogens is 176 g/mol. The molecule has 0 atom stereocenters. The fourth-order valence-electron chi connectivity index (χ4n) is 0.967. The van der Waals surface area contributed by atoms with Gasteiger partial charge in [-0.05, 0) is 0 Å². The van der Waals surface area contributed by atoms with Crippen molar-refractivity contribution in [2.24, 2.45) is 5.84 Å². The molecule has 7 heteroatoms. The number of imide groups is 1. The van der Waals surface area contributed by atoms with Crippen LogP contribution in [0.25, 0.3) is 0 Å². The maximum Gasteiger partial charge on any atom is 0.324 e. The van der Waals surface area contributed by atoms with Crippen molar-refractivity contribution in [2.75, 3.05) is 13.1 Å². The van der Waals surface area contributed by atoms with Gasteiger partial charge < -0.3 is 5.32 Å². The van der Waals surface area contributed by atoms with Crippen LogP contribution in [0.3, 0.4) is 0 Å². The summed E-state index contributed by atoms with van der Waals surface area (Å²) in [6.45, 7) is 0.0662. The molecule has 4 N–H and O–H groups in total. The molecule has 7 nitrogen and oxygen atoms in total. The van der Waals surface area contributed by atoms with E-state index >= 15 is 0 Å². The van der Waals surface area contributed by atoms with Crippen LogP contribution >= 0.6 is 0 Å². The summed E-state index contributed by atoms with van der Waals surface area (Å²) in [4.78, 5) is 33.5. The van der Waals surface area contributed by atoms with Gasteiger partial charge in [0.2, 0.25) is 11.8 Å². The largest absolute Gasteiger partial charge is 0.329 e. The van der Waals surface area contributed by atoms with Crippen molar-refractivity contribution in [1.29, 1.82) is 0 Å². The normalized spacial score (nSPS) is 15.9. The van der Waals surface area contributed by atoms with Crippen molar-refractivity contribution in [3.63, 3.8) is 0 Å². The number of nitrogens with one attached hydrogen (secondary N) is 2. The minimum absolute atomic E-state index is 0.00305. The lowest BCUT2D eigenvalue weighted by molar-refractivity contribution is -0.126. The Labute approximate surface area is 74.2 Å². The summed E-state index contributed by atoms with van der Waals surface area (Å²) in [5.74, 6) is 4.09. The molecule has 0 bridgehead atoms. The minimum Gasteiger partial charge on any atom is -0.329 e. The van der Waals surface area contributed by atoms with Gasteiger partial charge in [-0.15, -0.1) is 0 Å². The van der Waals surface area contributed by atoms with Crippen molar-refractivity contribution in [1.82, 2.24) is 15.6 Å². The van der Waals surface area contributed by atoms with Crippen LogP contribution in [0.1, 0.15) is 6.42 Å². The van der Waals surface area contributed by atoms with E-state index in [1.54, 1.807) is 0 Å². The number of rotatable bonds is 3. The predicted octanol–water partition coefficient (Wildman–Crippen LogP) is -2.08. The first-order valence-electron chi connectivity index (χ1n) is 3.73. The molecule has 1 heterocycles. The van der Waals surface area contributed by atoms with E-state index in [9.17, 15) is 14.4 Å². The van der Waals surface area contributed by atoms with E-state index in [0.717, 1.165) is 4.90 Å². The molecule has 0 aliphatic carbocycles. The van der Waals surface area contributed by atoms with Crippen LogP contribution in [-0.2, 0) is 9.59 Å². The van der Waals surface area contributed by atoms with Crippen molar-refractivity contribution in [3.05, 3.63) is 0 Å². The van der Waals surface area contributed by atoms with Gasteiger partial charge >= 0.3 is 6.03 Å². The lowest BCUT2D eigenvalue weighted by atomic mass is 10.4. The first kappa shape index (κ1) is 9.46. The molecule has 0 saturated carbocycles. The molecule has 1 rings (SSSR count). The lowest BCUT2D eigenvalue weighted by Crippen LogP contribution is -2.37. The molecule has 4 amide bonds. The van der Waals surface area contributed by atoms with Gasteiger partial charge in [0.25, 0.3) is 0 Å². The van der Waals surface area contributed by atoms with Gasteiger partial charge in [-0.3, -0.25) is 19.9 Å². The molecule has 0 aromatic carbocycles. The Kier molecular flexibility index (Phi) is 2.80. The second-order valence-electron chi connectivity index (χ2n) is 2.52. The Morgan fingerprint density at radius 2 is 2.31 bits per heavy atom. The van der Waals surface area contributed by atoms with E-state index in [2.05, 4.69) is 5.32 Å². The Morgan fingerprint density at radius 1 is 1.62 bits per heavy atom. The summed E-state index contributed by atoms with van der Waals surface area (Å²) in [6.07, 6.45) is 0.0235. The van der Waals surface area contributed by atoms with E-state index in [-0.39, 0.29) is 25.4 Å². The van der Waals surface area contributed by atoms with Gasteiger partial charge in [-0.1, -0.05) is 0 Å². The monoisotopic (exact) mass is 186 g/mol. The average molecular weight is 186 g/mol. The Balaban J connectivity index is 2.40. The number of amides is 4. The SMILES string of the molecule is NNC(=O)CCN1C(=O)CNC1=O. The summed E-state index contributed by atoms with van der Waals surface area (Å²) < 4.78 is 0. The Bertz CT molecular complexity index is 236. The molecule has 0 spiro atoms. The second-order valence-corrected chi connectivity index (χ2v) is 2.52. The van der Waals surface area contributed by atoms with Gasteiger partial charge in [0, 0.05) is 13.0 Å². The van der Waals surface area contributed by atoms with Crippen LogP contribution in [0.2, 0.25) is 0 Å². The predicted molar refractivity (Wildman–Crippen MR) is 42.1 cm³/mol. The molecule has 0 unspecified atom stereocenters. The molecule has 72 valence electrons. The maximum atomic E-state index is 11.0. The number of hydrazine groups is 1. The zero-order valence-corrected chi connectivity index (χ0v) is 6.87. The fraction of sp³-hybridized carbons (Fsp3) is 0.500. The molecule has 1 saturated heterocycles. The highest BCUT2D eigenvalue weighted by molar-refractivity contribution is 6.02. The van der Waals surface area contributed by atoms with Crippen LogP contribution in [0, 0.1) is 0 Å². The number of carbonyl (C=O) groups is 3. The first-order chi connectivity index (χ1) is 6.15. The third-order valence-corrected chi connectivity index (χ3v) is 1.66. The average Bonchev–Trinajstić information content (AvgIpc) is 2.43. The van der Waals surface area contributed by atoms with Crippen molar-refractivity contribution < 1.29 is 14.4 Å². The number of hydrogen-bond donors (Lipinski definition) is 3. The molecule has 1 aliphatic rings. The minimum atomic E-state index is -0.463. The quantitative estimate of drug-likeness (QED) is 0.203. The van der Waals surface area contributed by atoms with E-state index in [1.807, 2.05) is 5.43 Å². The standard InChI is InChI=1S/C6H10N4O3/c7-9-4(11)1-2-10-5(12)3-8-6(10)13/h1-3,7H2,(H,8,13)(H,9,11). The zero-order valence-electron chi connectivity index (χ0n) is 6.87. The van der Waals surface area contributed by atoms with Crippen LogP contribution < -0.4 is 16.6 Å². The smallest absolute Gasteiger partial charge is 0.324 e. The van der Waals surface area contributed by atoms with E-state index in [4.69, 9.17) is 5.84 Å². The van der Waals surface area contributed by atoms with Gasteiger partial charge in [0.15, 0.2) is 0 Å². The highest BCUT2D eigenvalue weighted by Gasteiger charge is 2.28. The summed E-state index contributed by atoms with van der Waals surface area (Å²) >= 11 is 0. The van der Waals surface area contributed by atoms with Crippen LogP contribution in [0.15, 0.2) is 0 Å². The lowest BCUT2D eigenvalue weighted by Gasteiger charge is -2.10. The summed E-state index contributed by atoms with van der Waals surface area (Å²) in [5, 5.41) is 2.34. The molecular formula is C6H10N4O3. The number of nitrogens with two attached hydrogens (primary N) is 1. The molecule has 13 heavy (non-hydrogen) atoms. The maximum absolute atomic E-state index is 11.0. The number of carbonyl (C=O) groups excluding carboxylic acids is 3. The van der Waals surface area contributed by atoms with Crippen molar-refractivity contribution in [3.8, 4) is 0 Å². The molecule has 0 radical (unpaired) electrons. The van der Waals surface area contributed by atoms with Gasteiger partial charge in [0.1, 0.15) is 0 Å². The van der Waals surface area contributed by atoms with Crippen LogP contribution in [0.5, 0.6) is 0 Å². The van der Waals surface area contributed by atoms with Crippen LogP contribution in [0.4, 0.5) is 4.79 Å². The molecule has 0 aromatic heterocycles. The first-order valence-corrected chi connectivity index (χ1v) is 3.73. The number of nitrogens with zero attached hydrogens (tertiary/aromatic N) is 1. The van der Waals surface area contributed by atoms with E-state index in [0.29, 0.717) is 0 Å². The van der Waals surface area contributed by atoms with Gasteiger partial charge in [-0.25, -0.2) is 10.6 Å². The highest BCUT2D eigenvalue weighted by Crippen LogP contribution is 1.99. The fourth-order valence-corrected chi connectivity index (χ4v) is 0.967. The number of hydrogen-bond acceptors (Lipinski definition) is 4. The van der Waals surface area contributed by atoms with Crippen LogP contribution in [-0.4, -0.2) is 35.8 Å². The van der Waals surface area contributed by atoms with E-state index < -0.39 is 11.9 Å². The second kappa shape index (κ2) is 3.85. The molecule has 0 aromatic rings.